The van der Waals surface area contributed by atoms with Crippen molar-refractivity contribution in [3.8, 4) is 0 Å². The Bertz CT molecular complexity index is 3620. The second-order valence-corrected chi connectivity index (χ2v) is 31.3. The highest BCUT2D eigenvalue weighted by Crippen LogP contribution is 2.31. The minimum Gasteiger partial charge on any atom is -0.477 e. The van der Waals surface area contributed by atoms with Crippen molar-refractivity contribution in [3.05, 3.63) is 42.1 Å². The number of rotatable bonds is 21. The Balaban J connectivity index is 0.000000490. The third-order valence-electron chi connectivity index (χ3n) is 13.8. The van der Waals surface area contributed by atoms with E-state index in [0.717, 1.165) is 27.2 Å². The lowest BCUT2D eigenvalue weighted by molar-refractivity contribution is -0.148. The van der Waals surface area contributed by atoms with E-state index in [0.29, 0.717) is 32.2 Å². The number of unbranched alkanes of at least 4 members (excludes halogenated alkanes) is 2. The number of carbonyl (C=O) groups excluding carboxylic acids is 14. The van der Waals surface area contributed by atoms with E-state index in [1.54, 1.807) is 131 Å². The summed E-state index contributed by atoms with van der Waals surface area (Å²) in [5, 5.41) is 26.5. The van der Waals surface area contributed by atoms with Crippen molar-refractivity contribution in [1.29, 1.82) is 0 Å². The van der Waals surface area contributed by atoms with E-state index < -0.39 is 198 Å². The zero-order valence-electron chi connectivity index (χ0n) is 68.8. The summed E-state index contributed by atoms with van der Waals surface area (Å²) in [5.41, 5.74) is 1.59. The summed E-state index contributed by atoms with van der Waals surface area (Å²) >= 11 is 0. The van der Waals surface area contributed by atoms with Gasteiger partial charge in [-0.2, -0.15) is 5.10 Å². The molecule has 0 bridgehead atoms. The SMILES string of the molecule is CC(C)(C)OC(=O)N=C(NC(=O)OC(C)(C)C)n1cccn1.COC(=O)C1=C[C@H](N)[C@@H](NC(C)=O)[C@H]([C@H](OC(=O)NCCCCNC(=O)OC(C)(C)C)[C@H]2COC(=O)O2)O1.COC(=O)C1=C[C@H](N=C(NC(=O)OC(C)(C)C)NC(=O)OC(C)(C)C)[C@@H](NC(C)=O)[C@H]([C@H](OC(=O)NCCCCNC(=O)OC(C)(C)C)[C@H]2COC(=O)O2)O1. The Morgan fingerprint density at radius 1 is 0.496 bits per heavy atom. The van der Waals surface area contributed by atoms with Crippen LogP contribution in [0.2, 0.25) is 0 Å². The van der Waals surface area contributed by atoms with Gasteiger partial charge in [0.15, 0.2) is 36.6 Å². The molecule has 2 saturated heterocycles. The molecule has 4 aliphatic heterocycles. The van der Waals surface area contributed by atoms with Crippen molar-refractivity contribution in [2.24, 2.45) is 15.7 Å². The minimum absolute atomic E-state index is 0.0828. The van der Waals surface area contributed by atoms with Gasteiger partial charge in [0.05, 0.1) is 38.4 Å². The minimum atomic E-state index is -1.58. The Kier molecular flexibility index (Phi) is 37.5. The number of esters is 2. The van der Waals surface area contributed by atoms with Crippen LogP contribution < -0.4 is 53.6 Å². The number of nitrogens with one attached hydrogen (secondary N) is 9. The summed E-state index contributed by atoms with van der Waals surface area (Å²) in [5.74, 6) is -4.33. The summed E-state index contributed by atoms with van der Waals surface area (Å²) in [4.78, 5) is 180. The summed E-state index contributed by atoms with van der Waals surface area (Å²) in [6.07, 6.45) is -9.58. The molecule has 0 radical (unpaired) electrons. The van der Waals surface area contributed by atoms with Gasteiger partial charge in [-0.3, -0.25) is 25.5 Å². The molecule has 10 atom stereocenters. The maximum atomic E-state index is 13.2. The van der Waals surface area contributed by atoms with Crippen molar-refractivity contribution < 1.29 is 143 Å². The first kappa shape index (κ1) is 97.6. The first-order valence-electron chi connectivity index (χ1n) is 36.2. The van der Waals surface area contributed by atoms with Crippen molar-refractivity contribution in [3.63, 3.8) is 0 Å². The fraction of sp³-hybridized carbons (Fsp3) is 0.676. The first-order chi connectivity index (χ1) is 53.1. The molecule has 0 unspecified atom stereocenters. The Labute approximate surface area is 665 Å². The van der Waals surface area contributed by atoms with E-state index in [1.807, 2.05) is 0 Å². The molecule has 44 nitrogen and oxygen atoms in total. The number of methoxy groups -OCH3 is 2. The van der Waals surface area contributed by atoms with Crippen molar-refractivity contribution in [2.45, 2.75) is 259 Å². The smallest absolute Gasteiger partial charge is 0.477 e. The van der Waals surface area contributed by atoms with Gasteiger partial charge in [0.25, 0.3) is 0 Å². The average molecular weight is 1640 g/mol. The van der Waals surface area contributed by atoms with Crippen LogP contribution >= 0.6 is 0 Å². The average Bonchev–Trinajstić information content (AvgIpc) is 1.58. The van der Waals surface area contributed by atoms with Crippen LogP contribution in [0.5, 0.6) is 0 Å². The van der Waals surface area contributed by atoms with Crippen molar-refractivity contribution >= 4 is 96.7 Å². The third-order valence-corrected chi connectivity index (χ3v) is 13.8. The molecular weight excluding hydrogens is 1530 g/mol. The molecule has 44 heteroatoms. The number of amides is 10. The van der Waals surface area contributed by atoms with E-state index in [4.69, 9.17) is 81.5 Å². The van der Waals surface area contributed by atoms with Gasteiger partial charge >= 0.3 is 73.0 Å². The number of alkyl carbamates (subject to hydrolysis) is 7. The molecule has 1 aromatic heterocycles. The van der Waals surface area contributed by atoms with Gasteiger partial charge in [-0.1, -0.05) is 0 Å². The van der Waals surface area contributed by atoms with E-state index in [9.17, 15) is 67.1 Å². The molecule has 2 fully saturated rings. The van der Waals surface area contributed by atoms with Crippen LogP contribution in [0.25, 0.3) is 0 Å². The van der Waals surface area contributed by atoms with Gasteiger partial charge in [0, 0.05) is 52.4 Å². The lowest BCUT2D eigenvalue weighted by Crippen LogP contribution is -2.63. The zero-order valence-corrected chi connectivity index (χ0v) is 68.8. The van der Waals surface area contributed by atoms with Crippen molar-refractivity contribution in [1.82, 2.24) is 57.6 Å². The van der Waals surface area contributed by atoms with Crippen LogP contribution in [0.1, 0.15) is 164 Å². The quantitative estimate of drug-likeness (QED) is 0.0242. The zero-order chi connectivity index (χ0) is 87.1. The number of cyclic esters (lactones) is 4. The standard InChI is InChI=1S/C34H54N6O15.C23H36N4O11.C14H22N4O4/c1-18(41)37-22-19(38-26(39-29(45)54-33(5,6)7)40-30(46)55-34(8,9)10)16-20(25(42)48-11)50-24(22)23(21-17-49-31(47)51-21)52-27(43)35-14-12-13-15-36-28(44)53-32(2,3)4;1-12(28)27-16-13(24)10-14(19(29)33-5)35-18(16)17(15-11-34-22(32)36-15)37-20(30)25-8-6-7-9-26-21(31)38-23(2,3)4;1-13(2,3)21-11(19)16-10(18-9-7-8-15-18)17-12(20)22-14(4,5)6/h16,19,21-24H,12-15,17H2,1-11H3,(H,35,43)(H,36,44)(H,37,41)(H2,38,39,40,45,46);10,13,15-18H,6-9,11,24H2,1-5H3,(H,25,30)(H,26,31)(H,27,28);7-9H,1-6H3,(H,16,17,19,20)/t19-,21+,22+,23+,24+;13-,15+,16+,17+,18+;/m00./s1. The van der Waals surface area contributed by atoms with Gasteiger partial charge in [-0.05, 0) is 169 Å². The molecule has 11 N–H and O–H groups in total. The van der Waals surface area contributed by atoms with Gasteiger partial charge in [0.2, 0.25) is 35.3 Å². The van der Waals surface area contributed by atoms with Gasteiger partial charge in [-0.15, -0.1) is 4.99 Å². The van der Waals surface area contributed by atoms with Crippen LogP contribution in [0.15, 0.2) is 52.1 Å². The highest BCUT2D eigenvalue weighted by molar-refractivity contribution is 6.02. The normalized spacial score (nSPS) is 19.7. The lowest BCUT2D eigenvalue weighted by Gasteiger charge is -2.39. The lowest BCUT2D eigenvalue weighted by atomic mass is 9.92. The van der Waals surface area contributed by atoms with Crippen LogP contribution in [0.4, 0.5) is 47.9 Å². The first-order valence-corrected chi connectivity index (χ1v) is 36.2. The molecule has 5 heterocycles. The number of carbonyl (C=O) groups is 14. The second kappa shape index (κ2) is 44.1. The van der Waals surface area contributed by atoms with Crippen LogP contribution in [0.3, 0.4) is 0 Å². The Morgan fingerprint density at radius 3 is 1.20 bits per heavy atom. The maximum Gasteiger partial charge on any atom is 0.508 e. The van der Waals surface area contributed by atoms with E-state index in [2.05, 4.69) is 62.9 Å². The molecule has 646 valence electrons. The van der Waals surface area contributed by atoms with Gasteiger partial charge in [0.1, 0.15) is 46.8 Å². The van der Waals surface area contributed by atoms with Crippen LogP contribution in [-0.4, -0.2) is 255 Å². The number of nitrogens with zero attached hydrogens (tertiary/aromatic N) is 4. The topological polar surface area (TPSA) is 563 Å². The molecule has 115 heavy (non-hydrogen) atoms. The van der Waals surface area contributed by atoms with Gasteiger partial charge < -0.3 is 113 Å². The highest BCUT2D eigenvalue weighted by Gasteiger charge is 2.52. The van der Waals surface area contributed by atoms with E-state index >= 15 is 0 Å². The molecule has 0 spiro atoms. The third kappa shape index (κ3) is 39.6. The number of ether oxygens (including phenoxy) is 16. The molecule has 1 aromatic rings. The summed E-state index contributed by atoms with van der Waals surface area (Å²) < 4.78 is 85.0. The number of nitrogens with two attached hydrogens (primary N) is 1. The summed E-state index contributed by atoms with van der Waals surface area (Å²) in [6, 6.07) is -3.01. The molecule has 4 aliphatic rings. The number of aliphatic imine (C=N–C) groups is 2. The summed E-state index contributed by atoms with van der Waals surface area (Å²) in [6.45, 7) is 33.0. The van der Waals surface area contributed by atoms with Crippen LogP contribution in [-0.2, 0) is 95.0 Å². The number of hydrogen-bond donors (Lipinski definition) is 10. The van der Waals surface area contributed by atoms with E-state index in [-0.39, 0.29) is 38.0 Å². The fourth-order valence-electron chi connectivity index (χ4n) is 9.66. The Morgan fingerprint density at radius 2 is 0.852 bits per heavy atom. The number of hydrogen-bond acceptors (Lipinski definition) is 33. The van der Waals surface area contributed by atoms with Crippen molar-refractivity contribution in [2.75, 3.05) is 53.6 Å². The molecular formula is C71H112N14O30. The fourth-order valence-corrected chi connectivity index (χ4v) is 9.66. The monoisotopic (exact) mass is 1640 g/mol. The molecule has 0 aromatic carbocycles. The van der Waals surface area contributed by atoms with E-state index in [1.165, 1.54) is 30.1 Å². The Hall–Kier alpha value is -11.6. The number of guanidine groups is 1. The number of aromatic nitrogens is 2. The molecule has 5 rings (SSSR count). The highest BCUT2D eigenvalue weighted by atomic mass is 16.8. The predicted molar refractivity (Wildman–Crippen MR) is 400 cm³/mol. The maximum absolute atomic E-state index is 13.2. The van der Waals surface area contributed by atoms with Crippen LogP contribution in [0, 0.1) is 0 Å². The van der Waals surface area contributed by atoms with Gasteiger partial charge in [-0.25, -0.2) is 67.2 Å². The largest absolute Gasteiger partial charge is 0.508 e. The summed E-state index contributed by atoms with van der Waals surface area (Å²) in [7, 11) is 2.21. The second-order valence-electron chi connectivity index (χ2n) is 31.3. The molecule has 0 aliphatic carbocycles. The molecule has 0 saturated carbocycles. The predicted octanol–water partition coefficient (Wildman–Crippen LogP) is 5.41. The molecule has 10 amide bonds.